The first-order valence-corrected chi connectivity index (χ1v) is 21.1. The van der Waals surface area contributed by atoms with Crippen molar-refractivity contribution in [2.24, 2.45) is 33.5 Å². The van der Waals surface area contributed by atoms with E-state index in [0.717, 1.165) is 29.9 Å². The molecule has 0 radical (unpaired) electrons. The third-order valence-electron chi connectivity index (χ3n) is 14.7. The van der Waals surface area contributed by atoms with Crippen molar-refractivity contribution >= 4 is 34.8 Å². The van der Waals surface area contributed by atoms with E-state index in [1.165, 1.54) is 18.2 Å². The molecule has 2 heterocycles. The summed E-state index contributed by atoms with van der Waals surface area (Å²) >= 11 is 8.02. The molecule has 2 aromatic heterocycles. The number of carbonyl (C=O) groups is 2. The maximum absolute atomic E-state index is 15.1. The molecule has 9 rings (SSSR count). The molecule has 0 saturated heterocycles. The Labute approximate surface area is 335 Å². The molecule has 3 N–H and O–H groups in total. The molecule has 1 aromatic carbocycles. The van der Waals surface area contributed by atoms with Crippen LogP contribution in [0.1, 0.15) is 93.6 Å². The van der Waals surface area contributed by atoms with Crippen molar-refractivity contribution in [3.05, 3.63) is 92.9 Å². The van der Waals surface area contributed by atoms with Crippen LogP contribution < -0.4 is 5.32 Å². The van der Waals surface area contributed by atoms with Crippen LogP contribution in [0.2, 0.25) is 5.02 Å². The van der Waals surface area contributed by atoms with Crippen LogP contribution in [0.5, 0.6) is 0 Å². The van der Waals surface area contributed by atoms with Crippen molar-refractivity contribution in [3.63, 3.8) is 0 Å². The number of aliphatic hydroxyl groups excluding tert-OH is 1. The summed E-state index contributed by atoms with van der Waals surface area (Å²) in [5.41, 5.74) is -3.87. The van der Waals surface area contributed by atoms with E-state index in [4.69, 9.17) is 16.0 Å². The minimum absolute atomic E-state index is 0.00564. The van der Waals surface area contributed by atoms with E-state index in [9.17, 15) is 28.2 Å². The number of thiophene rings is 1. The molecule has 12 heteroatoms. The van der Waals surface area contributed by atoms with Gasteiger partial charge in [-0.2, -0.15) is 13.2 Å². The standard InChI is InChI=1S/C44H50ClF3N2O5S/c1-26(2)49-38(53)50(20-14-29-6-5-21-56-29)25-42(54)17-13-36-40(42,4)16-12-35-39(3)15-11-28(51)23-41(39)18-19-43(35,36)31(24-41)37(52)34-10-9-33(55-34)30-22-27(44(46,47)48)7-8-32(30)45/h5-10,18-19,21-22,24,26,28,35-36,51,54H,11-17,20,23,25H2,1-4H3,(H,49,53)/t28?,35-,36-,39-,40+,41+,42-,43-/m1/s1. The Hall–Kier alpha value is -3.38. The minimum atomic E-state index is -4.59. The molecular weight excluding hydrogens is 761 g/mol. The van der Waals surface area contributed by atoms with Crippen LogP contribution in [0, 0.1) is 33.5 Å². The maximum Gasteiger partial charge on any atom is 0.416 e. The molecule has 0 aliphatic heterocycles. The predicted octanol–water partition coefficient (Wildman–Crippen LogP) is 10.1. The van der Waals surface area contributed by atoms with Crippen LogP contribution in [0.25, 0.3) is 11.3 Å². The average Bonchev–Trinajstić information content (AvgIpc) is 3.90. The van der Waals surface area contributed by atoms with Crippen LogP contribution in [0.3, 0.4) is 0 Å². The van der Waals surface area contributed by atoms with Gasteiger partial charge in [-0.25, -0.2) is 4.79 Å². The fourth-order valence-corrected chi connectivity index (χ4v) is 12.7. The highest BCUT2D eigenvalue weighted by Crippen LogP contribution is 2.78. The smallest absolute Gasteiger partial charge is 0.416 e. The predicted molar refractivity (Wildman–Crippen MR) is 210 cm³/mol. The fourth-order valence-electron chi connectivity index (χ4n) is 11.8. The molecule has 2 amide bonds. The Kier molecular flexibility index (Phi) is 9.58. The largest absolute Gasteiger partial charge is 0.453 e. The topological polar surface area (TPSA) is 103 Å². The third-order valence-corrected chi connectivity index (χ3v) is 16.0. The van der Waals surface area contributed by atoms with Crippen LogP contribution in [-0.4, -0.2) is 57.8 Å². The quantitative estimate of drug-likeness (QED) is 0.148. The van der Waals surface area contributed by atoms with Gasteiger partial charge >= 0.3 is 12.2 Å². The van der Waals surface area contributed by atoms with Gasteiger partial charge in [0.05, 0.1) is 28.8 Å². The number of amides is 2. The number of hydrogen-bond acceptors (Lipinski definition) is 6. The van der Waals surface area contributed by atoms with Crippen molar-refractivity contribution in [1.29, 1.82) is 0 Å². The molecule has 3 saturated carbocycles. The summed E-state index contributed by atoms with van der Waals surface area (Å²) in [4.78, 5) is 31.7. The number of allylic oxidation sites excluding steroid dienone is 4. The van der Waals surface area contributed by atoms with Gasteiger partial charge in [0.15, 0.2) is 5.76 Å². The van der Waals surface area contributed by atoms with Crippen LogP contribution in [-0.2, 0) is 12.6 Å². The van der Waals surface area contributed by atoms with Gasteiger partial charge in [-0.05, 0) is 124 Å². The average molecular weight is 811 g/mol. The van der Waals surface area contributed by atoms with Crippen molar-refractivity contribution in [1.82, 2.24) is 10.2 Å². The van der Waals surface area contributed by atoms with E-state index in [-0.39, 0.29) is 63.8 Å². The zero-order valence-electron chi connectivity index (χ0n) is 32.2. The SMILES string of the molecule is CC(C)NC(=O)N(CCc1cccs1)C[C@]1(O)CC[C@H]2[C@]34C=C[C@@]5(C=C3C(=O)c3ccc(-c6cc(C(F)(F)F)ccc6Cl)o3)CC(O)CC[C@]5(C)[C@H]4CC[C@@]21C. The number of nitrogens with one attached hydrogen (secondary N) is 1. The number of urea groups is 1. The first-order valence-electron chi connectivity index (χ1n) is 19.8. The lowest BCUT2D eigenvalue weighted by atomic mass is 9.32. The van der Waals surface area contributed by atoms with Gasteiger partial charge in [0.2, 0.25) is 5.78 Å². The van der Waals surface area contributed by atoms with E-state index in [1.807, 2.05) is 25.3 Å². The summed E-state index contributed by atoms with van der Waals surface area (Å²) in [5.74, 6) is -0.467. The van der Waals surface area contributed by atoms with Crippen molar-refractivity contribution in [2.75, 3.05) is 13.1 Å². The normalized spacial score (nSPS) is 34.5. The number of alkyl halides is 3. The molecule has 56 heavy (non-hydrogen) atoms. The Balaban J connectivity index is 1.19. The highest BCUT2D eigenvalue weighted by Gasteiger charge is 2.74. The summed E-state index contributed by atoms with van der Waals surface area (Å²) < 4.78 is 47.2. The molecular formula is C44H50ClF3N2O5S. The minimum Gasteiger partial charge on any atom is -0.453 e. The number of furan rings is 1. The molecule has 3 aromatic rings. The molecule has 2 spiro atoms. The Morgan fingerprint density at radius 1 is 1.04 bits per heavy atom. The molecule has 2 bridgehead atoms. The van der Waals surface area contributed by atoms with Crippen molar-refractivity contribution < 1.29 is 37.4 Å². The number of hydrogen-bond donors (Lipinski definition) is 3. The van der Waals surface area contributed by atoms with Crippen molar-refractivity contribution in [2.45, 2.75) is 103 Å². The van der Waals surface area contributed by atoms with Gasteiger partial charge in [-0.3, -0.25) is 4.79 Å². The lowest BCUT2D eigenvalue weighted by Gasteiger charge is -2.71. The lowest BCUT2D eigenvalue weighted by molar-refractivity contribution is -0.174. The molecule has 300 valence electrons. The number of fused-ring (bicyclic) bond motifs is 1. The monoisotopic (exact) mass is 810 g/mol. The molecule has 8 atom stereocenters. The lowest BCUT2D eigenvalue weighted by Crippen LogP contribution is -2.67. The number of ketones is 1. The summed E-state index contributed by atoms with van der Waals surface area (Å²) in [6.07, 6.45) is 6.43. The summed E-state index contributed by atoms with van der Waals surface area (Å²) in [6, 6.07) is 9.75. The molecule has 3 fully saturated rings. The van der Waals surface area contributed by atoms with Gasteiger partial charge < -0.3 is 24.8 Å². The van der Waals surface area contributed by atoms with E-state index in [1.54, 1.807) is 16.2 Å². The summed E-state index contributed by atoms with van der Waals surface area (Å²) in [7, 11) is 0. The van der Waals surface area contributed by atoms with E-state index in [2.05, 4.69) is 43.5 Å². The van der Waals surface area contributed by atoms with E-state index >= 15 is 4.79 Å². The number of aliphatic hydroxyl groups is 2. The number of Topliss-reactive ketones (excluding diaryl/α,β-unsaturated/α-hetero) is 1. The molecule has 6 aliphatic carbocycles. The number of nitrogens with zero attached hydrogens (tertiary/aromatic N) is 1. The van der Waals surface area contributed by atoms with Crippen LogP contribution in [0.4, 0.5) is 18.0 Å². The number of rotatable bonds is 9. The molecule has 1 unspecified atom stereocenters. The van der Waals surface area contributed by atoms with Gasteiger partial charge in [0, 0.05) is 44.8 Å². The number of benzene rings is 1. The van der Waals surface area contributed by atoms with E-state index in [0.29, 0.717) is 50.6 Å². The number of halogens is 4. The molecule has 7 nitrogen and oxygen atoms in total. The summed E-state index contributed by atoms with van der Waals surface area (Å²) in [5, 5.41) is 29.2. The highest BCUT2D eigenvalue weighted by molar-refractivity contribution is 7.09. The Morgan fingerprint density at radius 3 is 2.48 bits per heavy atom. The van der Waals surface area contributed by atoms with Crippen LogP contribution in [0.15, 0.2) is 76.1 Å². The van der Waals surface area contributed by atoms with Gasteiger partial charge in [-0.15, -0.1) is 11.3 Å². The fraction of sp³-hybridized carbons (Fsp3) is 0.545. The van der Waals surface area contributed by atoms with Gasteiger partial charge in [0.25, 0.3) is 0 Å². The second-order valence-electron chi connectivity index (χ2n) is 17.9. The third kappa shape index (κ3) is 5.96. The molecule has 6 aliphatic rings. The first kappa shape index (κ1) is 39.4. The van der Waals surface area contributed by atoms with Crippen molar-refractivity contribution in [3.8, 4) is 11.3 Å². The highest BCUT2D eigenvalue weighted by atomic mass is 35.5. The van der Waals surface area contributed by atoms with Gasteiger partial charge in [0.1, 0.15) is 5.76 Å². The summed E-state index contributed by atoms with van der Waals surface area (Å²) in [6.45, 7) is 8.86. The van der Waals surface area contributed by atoms with E-state index < -0.39 is 39.7 Å². The Morgan fingerprint density at radius 2 is 1.77 bits per heavy atom. The second kappa shape index (κ2) is 13.6. The van der Waals surface area contributed by atoms with Crippen LogP contribution >= 0.6 is 22.9 Å². The maximum atomic E-state index is 15.1. The van der Waals surface area contributed by atoms with Gasteiger partial charge in [-0.1, -0.05) is 49.7 Å². The zero-order chi connectivity index (χ0) is 40.1. The zero-order valence-corrected chi connectivity index (χ0v) is 33.8. The first-order chi connectivity index (χ1) is 26.4. The Bertz CT molecular complexity index is 2100. The second-order valence-corrected chi connectivity index (χ2v) is 19.3. The number of carbonyl (C=O) groups excluding carboxylic acids is 2.